The van der Waals surface area contributed by atoms with Crippen molar-refractivity contribution in [1.29, 1.82) is 0 Å². The molecule has 0 fully saturated rings. The molecule has 8 nitrogen and oxygen atoms in total. The number of thioether (sulfide) groups is 1. The number of ether oxygens (including phenoxy) is 1. The fourth-order valence-corrected chi connectivity index (χ4v) is 4.94. The molecule has 34 heavy (non-hydrogen) atoms. The molecule has 0 saturated carbocycles. The van der Waals surface area contributed by atoms with E-state index in [0.29, 0.717) is 23.3 Å². The molecular formula is C24H22N4O4S2. The number of rotatable bonds is 8. The summed E-state index contributed by atoms with van der Waals surface area (Å²) < 4.78 is 17.1. The molecule has 10 heteroatoms. The molecule has 1 atom stereocenters. The molecular weight excluding hydrogens is 472 g/mol. The lowest BCUT2D eigenvalue weighted by molar-refractivity contribution is -0.130. The summed E-state index contributed by atoms with van der Waals surface area (Å²) in [5.41, 5.74) is 3.02. The van der Waals surface area contributed by atoms with Crippen molar-refractivity contribution < 1.29 is 18.4 Å². The molecule has 1 aromatic carbocycles. The van der Waals surface area contributed by atoms with Gasteiger partial charge in [0, 0.05) is 6.42 Å². The van der Waals surface area contributed by atoms with Gasteiger partial charge in [-0.05, 0) is 54.6 Å². The maximum atomic E-state index is 13.1. The Morgan fingerprint density at radius 1 is 1.24 bits per heavy atom. The van der Waals surface area contributed by atoms with Crippen LogP contribution >= 0.6 is 23.1 Å². The SMILES string of the molecule is Cc1ccc(C)c(OCc2nnc(SCC(=O)N3N=C(c4cccs4)CC3c3ccco3)o2)c1. The first-order chi connectivity index (χ1) is 16.6. The molecule has 3 aromatic heterocycles. The van der Waals surface area contributed by atoms with Gasteiger partial charge in [-0.2, -0.15) is 5.10 Å². The number of carbonyl (C=O) groups is 1. The molecule has 0 aliphatic carbocycles. The summed E-state index contributed by atoms with van der Waals surface area (Å²) in [5.74, 6) is 1.78. The fraction of sp³-hybridized carbons (Fsp3) is 0.250. The molecule has 1 aliphatic rings. The number of hydrogen-bond acceptors (Lipinski definition) is 9. The van der Waals surface area contributed by atoms with Crippen LogP contribution in [0.15, 0.2) is 73.3 Å². The Kier molecular flexibility index (Phi) is 6.50. The monoisotopic (exact) mass is 494 g/mol. The molecule has 0 bridgehead atoms. The predicted molar refractivity (Wildman–Crippen MR) is 129 cm³/mol. The van der Waals surface area contributed by atoms with Gasteiger partial charge in [-0.15, -0.1) is 21.5 Å². The lowest BCUT2D eigenvalue weighted by atomic mass is 10.1. The number of aryl methyl sites for hydroxylation is 2. The highest BCUT2D eigenvalue weighted by Gasteiger charge is 2.35. The van der Waals surface area contributed by atoms with E-state index in [2.05, 4.69) is 15.3 Å². The minimum Gasteiger partial charge on any atom is -0.484 e. The van der Waals surface area contributed by atoms with E-state index in [1.807, 2.05) is 61.7 Å². The first-order valence-electron chi connectivity index (χ1n) is 10.7. The van der Waals surface area contributed by atoms with Crippen molar-refractivity contribution in [3.05, 3.63) is 81.8 Å². The van der Waals surface area contributed by atoms with Gasteiger partial charge < -0.3 is 13.6 Å². The van der Waals surface area contributed by atoms with E-state index in [1.54, 1.807) is 17.6 Å². The van der Waals surface area contributed by atoms with Gasteiger partial charge in [0.25, 0.3) is 17.0 Å². The van der Waals surface area contributed by atoms with Crippen LogP contribution in [0.2, 0.25) is 0 Å². The average molecular weight is 495 g/mol. The van der Waals surface area contributed by atoms with Crippen molar-refractivity contribution in [2.24, 2.45) is 5.10 Å². The van der Waals surface area contributed by atoms with E-state index in [-0.39, 0.29) is 24.3 Å². The van der Waals surface area contributed by atoms with E-state index >= 15 is 0 Å². The number of carbonyl (C=O) groups excluding carboxylic acids is 1. The Hall–Kier alpha value is -3.37. The number of benzene rings is 1. The summed E-state index contributed by atoms with van der Waals surface area (Å²) in [6.07, 6.45) is 2.21. The summed E-state index contributed by atoms with van der Waals surface area (Å²) in [7, 11) is 0. The number of aromatic nitrogens is 2. The Morgan fingerprint density at radius 2 is 2.15 bits per heavy atom. The van der Waals surface area contributed by atoms with E-state index in [1.165, 1.54) is 16.8 Å². The van der Waals surface area contributed by atoms with Gasteiger partial charge in [-0.1, -0.05) is 30.0 Å². The first-order valence-corrected chi connectivity index (χ1v) is 12.6. The molecule has 0 spiro atoms. The molecule has 1 unspecified atom stereocenters. The largest absolute Gasteiger partial charge is 0.484 e. The summed E-state index contributed by atoms with van der Waals surface area (Å²) in [5, 5.41) is 16.5. The van der Waals surface area contributed by atoms with Gasteiger partial charge in [0.1, 0.15) is 17.6 Å². The molecule has 0 N–H and O–H groups in total. The van der Waals surface area contributed by atoms with Crippen LogP contribution in [0, 0.1) is 13.8 Å². The number of hydrogen-bond donors (Lipinski definition) is 0. The summed E-state index contributed by atoms with van der Waals surface area (Å²) in [6.45, 7) is 4.15. The summed E-state index contributed by atoms with van der Waals surface area (Å²) >= 11 is 2.78. The third kappa shape index (κ3) is 4.92. The number of nitrogens with zero attached hydrogens (tertiary/aromatic N) is 4. The standard InChI is InChI=1S/C24H22N4O4S2/c1-15-7-8-16(2)20(11-15)31-13-22-25-26-24(32-22)34-14-23(29)28-18(19-5-3-9-30-19)12-17(27-28)21-6-4-10-33-21/h3-11,18H,12-14H2,1-2H3. The lowest BCUT2D eigenvalue weighted by Crippen LogP contribution is -2.28. The molecule has 4 aromatic rings. The van der Waals surface area contributed by atoms with Gasteiger partial charge in [-0.25, -0.2) is 5.01 Å². The molecule has 5 rings (SSSR count). The molecule has 1 amide bonds. The second-order valence-corrected chi connectivity index (χ2v) is 9.68. The molecule has 0 saturated heterocycles. The Bertz CT molecular complexity index is 1300. The summed E-state index contributed by atoms with van der Waals surface area (Å²) in [6, 6.07) is 13.4. The number of furan rings is 1. The zero-order valence-electron chi connectivity index (χ0n) is 18.6. The minimum absolute atomic E-state index is 0.109. The highest BCUT2D eigenvalue weighted by Crippen LogP contribution is 2.34. The van der Waals surface area contributed by atoms with Crippen LogP contribution in [-0.2, 0) is 11.4 Å². The van der Waals surface area contributed by atoms with Crippen LogP contribution in [0.4, 0.5) is 0 Å². The van der Waals surface area contributed by atoms with Gasteiger partial charge in [-0.3, -0.25) is 4.79 Å². The maximum Gasteiger partial charge on any atom is 0.277 e. The van der Waals surface area contributed by atoms with Gasteiger partial charge in [0.15, 0.2) is 6.61 Å². The van der Waals surface area contributed by atoms with Crippen LogP contribution in [0.5, 0.6) is 5.75 Å². The van der Waals surface area contributed by atoms with Crippen molar-refractivity contribution >= 4 is 34.7 Å². The van der Waals surface area contributed by atoms with Gasteiger partial charge in [0.2, 0.25) is 0 Å². The highest BCUT2D eigenvalue weighted by atomic mass is 32.2. The topological polar surface area (TPSA) is 94.0 Å². The van der Waals surface area contributed by atoms with E-state index in [9.17, 15) is 4.79 Å². The number of hydrazone groups is 1. The van der Waals surface area contributed by atoms with Crippen LogP contribution in [0.3, 0.4) is 0 Å². The smallest absolute Gasteiger partial charge is 0.277 e. The maximum absolute atomic E-state index is 13.1. The quantitative estimate of drug-likeness (QED) is 0.303. The van der Waals surface area contributed by atoms with Crippen molar-refractivity contribution in [3.8, 4) is 5.75 Å². The van der Waals surface area contributed by atoms with Crippen LogP contribution in [0.1, 0.15) is 40.1 Å². The molecule has 1 aliphatic heterocycles. The number of thiophene rings is 1. The Balaban J connectivity index is 1.22. The van der Waals surface area contributed by atoms with Crippen LogP contribution in [-0.4, -0.2) is 32.6 Å². The highest BCUT2D eigenvalue weighted by molar-refractivity contribution is 7.99. The average Bonchev–Trinajstić information content (AvgIpc) is 3.63. The van der Waals surface area contributed by atoms with Crippen molar-refractivity contribution in [1.82, 2.24) is 15.2 Å². The van der Waals surface area contributed by atoms with Crippen molar-refractivity contribution in [2.45, 2.75) is 38.1 Å². The van der Waals surface area contributed by atoms with E-state index in [0.717, 1.165) is 27.5 Å². The Labute approximate surface area is 204 Å². The van der Waals surface area contributed by atoms with E-state index < -0.39 is 0 Å². The molecule has 174 valence electrons. The lowest BCUT2D eigenvalue weighted by Gasteiger charge is -2.19. The summed E-state index contributed by atoms with van der Waals surface area (Å²) in [4.78, 5) is 14.1. The normalized spacial score (nSPS) is 15.5. The zero-order chi connectivity index (χ0) is 23.5. The van der Waals surface area contributed by atoms with Crippen molar-refractivity contribution in [3.63, 3.8) is 0 Å². The molecule has 4 heterocycles. The van der Waals surface area contributed by atoms with E-state index in [4.69, 9.17) is 13.6 Å². The third-order valence-corrected chi connectivity index (χ3v) is 7.03. The fourth-order valence-electron chi connectivity index (χ4n) is 3.58. The van der Waals surface area contributed by atoms with Gasteiger partial charge >= 0.3 is 0 Å². The minimum atomic E-state index is -0.274. The first kappa shape index (κ1) is 22.4. The van der Waals surface area contributed by atoms with Gasteiger partial charge in [0.05, 0.1) is 22.6 Å². The second-order valence-electron chi connectivity index (χ2n) is 7.81. The third-order valence-electron chi connectivity index (χ3n) is 5.31. The van der Waals surface area contributed by atoms with Crippen molar-refractivity contribution in [2.75, 3.05) is 5.75 Å². The second kappa shape index (κ2) is 9.86. The molecule has 0 radical (unpaired) electrons. The predicted octanol–water partition coefficient (Wildman–Crippen LogP) is 5.39. The van der Waals surface area contributed by atoms with Crippen LogP contribution in [0.25, 0.3) is 0 Å². The zero-order valence-corrected chi connectivity index (χ0v) is 20.3. The number of amides is 1. The van der Waals surface area contributed by atoms with Crippen LogP contribution < -0.4 is 4.74 Å². The Morgan fingerprint density at radius 3 is 2.94 bits per heavy atom.